The topological polar surface area (TPSA) is 17.1 Å². The number of aryl methyl sites for hydroxylation is 1. The van der Waals surface area contributed by atoms with E-state index in [1.54, 1.807) is 0 Å². The van der Waals surface area contributed by atoms with Crippen molar-refractivity contribution in [3.05, 3.63) is 71.3 Å². The summed E-state index contributed by atoms with van der Waals surface area (Å²) >= 11 is 3.82. The molecule has 0 amide bonds. The van der Waals surface area contributed by atoms with Gasteiger partial charge < -0.3 is 0 Å². The fraction of sp³-hybridized carbons (Fsp3) is 0.278. The zero-order chi connectivity index (χ0) is 14.7. The van der Waals surface area contributed by atoms with E-state index in [1.807, 2.05) is 60.8 Å². The van der Waals surface area contributed by atoms with E-state index in [0.29, 0.717) is 6.42 Å². The third-order valence-corrected chi connectivity index (χ3v) is 7.21. The Hall–Kier alpha value is -1.19. The molecule has 2 aromatic carbocycles. The number of rotatable bonds is 4. The predicted molar refractivity (Wildman–Crippen MR) is 93.2 cm³/mol. The van der Waals surface area contributed by atoms with E-state index < -0.39 is 0 Å². The molecule has 3 rings (SSSR count). The second kappa shape index (κ2) is 6.29. The number of carbonyl (C=O) groups is 1. The summed E-state index contributed by atoms with van der Waals surface area (Å²) < 4.78 is -0.108. The van der Waals surface area contributed by atoms with Crippen molar-refractivity contribution in [2.45, 2.75) is 17.4 Å². The molecule has 0 aliphatic carbocycles. The average Bonchev–Trinajstić information content (AvgIpc) is 2.98. The summed E-state index contributed by atoms with van der Waals surface area (Å²) in [5.41, 5.74) is 3.27. The van der Waals surface area contributed by atoms with Crippen molar-refractivity contribution in [2.75, 3.05) is 11.5 Å². The highest BCUT2D eigenvalue weighted by molar-refractivity contribution is 8.20. The zero-order valence-electron chi connectivity index (χ0n) is 12.0. The van der Waals surface area contributed by atoms with Crippen LogP contribution in [0, 0.1) is 6.92 Å². The van der Waals surface area contributed by atoms with Gasteiger partial charge in [-0.1, -0.05) is 60.2 Å². The van der Waals surface area contributed by atoms with Crippen molar-refractivity contribution in [3.8, 4) is 0 Å². The molecule has 108 valence electrons. The first-order valence-electron chi connectivity index (χ1n) is 7.13. The number of thioether (sulfide) groups is 2. The van der Waals surface area contributed by atoms with Crippen molar-refractivity contribution in [3.63, 3.8) is 0 Å². The van der Waals surface area contributed by atoms with Crippen LogP contribution >= 0.6 is 23.5 Å². The Morgan fingerprint density at radius 3 is 2.24 bits per heavy atom. The second-order valence-electron chi connectivity index (χ2n) is 5.28. The number of ketones is 1. The van der Waals surface area contributed by atoms with Crippen LogP contribution in [-0.4, -0.2) is 17.3 Å². The van der Waals surface area contributed by atoms with Crippen LogP contribution in [0.25, 0.3) is 0 Å². The van der Waals surface area contributed by atoms with Crippen molar-refractivity contribution < 1.29 is 4.79 Å². The van der Waals surface area contributed by atoms with Gasteiger partial charge in [0.15, 0.2) is 5.78 Å². The van der Waals surface area contributed by atoms with Gasteiger partial charge in [0.25, 0.3) is 0 Å². The Balaban J connectivity index is 1.86. The van der Waals surface area contributed by atoms with E-state index in [0.717, 1.165) is 17.1 Å². The molecule has 1 saturated heterocycles. The molecular formula is C18H18OS2. The van der Waals surface area contributed by atoms with Gasteiger partial charge in [-0.25, -0.2) is 0 Å². The molecule has 1 aliphatic heterocycles. The van der Waals surface area contributed by atoms with Gasteiger partial charge in [-0.2, -0.15) is 0 Å². The van der Waals surface area contributed by atoms with E-state index in [2.05, 4.69) is 24.3 Å². The molecule has 0 spiro atoms. The second-order valence-corrected chi connectivity index (χ2v) is 8.33. The van der Waals surface area contributed by atoms with Gasteiger partial charge in [0, 0.05) is 23.5 Å². The first-order valence-corrected chi connectivity index (χ1v) is 9.10. The fourth-order valence-corrected chi connectivity index (χ4v) is 5.80. The molecule has 3 heteroatoms. The van der Waals surface area contributed by atoms with E-state index >= 15 is 0 Å². The molecule has 0 unspecified atom stereocenters. The molecule has 0 bridgehead atoms. The van der Waals surface area contributed by atoms with E-state index in [9.17, 15) is 4.79 Å². The van der Waals surface area contributed by atoms with Crippen molar-refractivity contribution in [2.24, 2.45) is 0 Å². The number of benzene rings is 2. The minimum Gasteiger partial charge on any atom is -0.294 e. The lowest BCUT2D eigenvalue weighted by Crippen LogP contribution is -2.20. The predicted octanol–water partition coefficient (Wildman–Crippen LogP) is 4.90. The summed E-state index contributed by atoms with van der Waals surface area (Å²) in [5, 5.41) is 0. The molecule has 21 heavy (non-hydrogen) atoms. The number of Topliss-reactive ketones (excluding diaryl/α,β-unsaturated/α-hetero) is 1. The first-order chi connectivity index (χ1) is 10.2. The van der Waals surface area contributed by atoms with Crippen LogP contribution < -0.4 is 0 Å². The summed E-state index contributed by atoms with van der Waals surface area (Å²) in [6.07, 6.45) is 0.565. The normalized spacial score (nSPS) is 16.8. The minimum absolute atomic E-state index is 0.108. The molecule has 0 atom stereocenters. The smallest absolute Gasteiger partial charge is 0.165 e. The first kappa shape index (κ1) is 14.7. The standard InChI is InChI=1S/C18H18OS2/c1-14-7-9-15(10-8-14)17(19)13-18(20-11-12-21-18)16-5-3-2-4-6-16/h2-10H,11-13H2,1H3. The highest BCUT2D eigenvalue weighted by Gasteiger charge is 2.39. The Kier molecular flexibility index (Phi) is 4.41. The van der Waals surface area contributed by atoms with Gasteiger partial charge >= 0.3 is 0 Å². The molecule has 1 heterocycles. The van der Waals surface area contributed by atoms with Gasteiger partial charge in [0.1, 0.15) is 0 Å². The van der Waals surface area contributed by atoms with Crippen LogP contribution in [0.5, 0.6) is 0 Å². The molecule has 0 saturated carbocycles. The number of hydrogen-bond acceptors (Lipinski definition) is 3. The molecule has 0 aromatic heterocycles. The van der Waals surface area contributed by atoms with Gasteiger partial charge in [-0.3, -0.25) is 4.79 Å². The molecule has 0 N–H and O–H groups in total. The van der Waals surface area contributed by atoms with Crippen LogP contribution in [-0.2, 0) is 4.08 Å². The van der Waals surface area contributed by atoms with Gasteiger partial charge in [-0.15, -0.1) is 23.5 Å². The lowest BCUT2D eigenvalue weighted by molar-refractivity contribution is 0.0979. The SMILES string of the molecule is Cc1ccc(C(=O)CC2(c3ccccc3)SCCS2)cc1. The molecule has 1 fully saturated rings. The van der Waals surface area contributed by atoms with Crippen LogP contribution in [0.3, 0.4) is 0 Å². The van der Waals surface area contributed by atoms with Crippen LogP contribution in [0.15, 0.2) is 54.6 Å². The van der Waals surface area contributed by atoms with Crippen molar-refractivity contribution in [1.82, 2.24) is 0 Å². The van der Waals surface area contributed by atoms with E-state index in [1.165, 1.54) is 11.1 Å². The van der Waals surface area contributed by atoms with Gasteiger partial charge in [0.05, 0.1) is 4.08 Å². The van der Waals surface area contributed by atoms with Crippen molar-refractivity contribution >= 4 is 29.3 Å². The van der Waals surface area contributed by atoms with Crippen LogP contribution in [0.4, 0.5) is 0 Å². The zero-order valence-corrected chi connectivity index (χ0v) is 13.7. The summed E-state index contributed by atoms with van der Waals surface area (Å²) in [5.74, 6) is 2.46. The van der Waals surface area contributed by atoms with Crippen LogP contribution in [0.2, 0.25) is 0 Å². The Morgan fingerprint density at radius 1 is 1.00 bits per heavy atom. The number of carbonyl (C=O) groups excluding carboxylic acids is 1. The molecular weight excluding hydrogens is 296 g/mol. The Morgan fingerprint density at radius 2 is 1.62 bits per heavy atom. The largest absolute Gasteiger partial charge is 0.294 e. The lowest BCUT2D eigenvalue weighted by Gasteiger charge is -2.27. The average molecular weight is 314 g/mol. The monoisotopic (exact) mass is 314 g/mol. The van der Waals surface area contributed by atoms with Gasteiger partial charge in [0.2, 0.25) is 0 Å². The maximum Gasteiger partial charge on any atom is 0.165 e. The maximum atomic E-state index is 12.7. The van der Waals surface area contributed by atoms with E-state index in [-0.39, 0.29) is 9.86 Å². The Labute approximate surface area is 134 Å². The third kappa shape index (κ3) is 3.19. The van der Waals surface area contributed by atoms with E-state index in [4.69, 9.17) is 0 Å². The highest BCUT2D eigenvalue weighted by atomic mass is 32.2. The Bertz CT molecular complexity index is 613. The summed E-state index contributed by atoms with van der Waals surface area (Å²) in [6, 6.07) is 18.4. The number of hydrogen-bond donors (Lipinski definition) is 0. The lowest BCUT2D eigenvalue weighted by atomic mass is 10.0. The van der Waals surface area contributed by atoms with Crippen LogP contribution in [0.1, 0.15) is 27.9 Å². The maximum absolute atomic E-state index is 12.7. The molecule has 1 aliphatic rings. The summed E-state index contributed by atoms with van der Waals surface area (Å²) in [7, 11) is 0. The summed E-state index contributed by atoms with van der Waals surface area (Å²) in [6.45, 7) is 2.04. The highest BCUT2D eigenvalue weighted by Crippen LogP contribution is 2.54. The molecule has 1 nitrogen and oxygen atoms in total. The fourth-order valence-electron chi connectivity index (χ4n) is 2.57. The quantitative estimate of drug-likeness (QED) is 0.747. The molecule has 0 radical (unpaired) electrons. The van der Waals surface area contributed by atoms with Crippen molar-refractivity contribution in [1.29, 1.82) is 0 Å². The summed E-state index contributed by atoms with van der Waals surface area (Å²) in [4.78, 5) is 12.7. The molecule has 2 aromatic rings. The minimum atomic E-state index is -0.108. The third-order valence-electron chi connectivity index (χ3n) is 3.73. The van der Waals surface area contributed by atoms with Gasteiger partial charge in [-0.05, 0) is 12.5 Å².